The Morgan fingerprint density at radius 2 is 1.88 bits per heavy atom. The summed E-state index contributed by atoms with van der Waals surface area (Å²) in [6.07, 6.45) is 4.92. The molecule has 1 aromatic heterocycles. The summed E-state index contributed by atoms with van der Waals surface area (Å²) in [5.41, 5.74) is 1.43. The highest BCUT2D eigenvalue weighted by Crippen LogP contribution is 2.20. The number of carbonyl (C=O) groups is 2. The molecule has 0 radical (unpaired) electrons. The Labute approximate surface area is 152 Å². The molecule has 0 bridgehead atoms. The van der Waals surface area contributed by atoms with E-state index >= 15 is 0 Å². The van der Waals surface area contributed by atoms with Gasteiger partial charge in [-0.25, -0.2) is 4.39 Å². The van der Waals surface area contributed by atoms with Crippen molar-refractivity contribution in [1.29, 1.82) is 0 Å². The highest BCUT2D eigenvalue weighted by atomic mass is 19.1. The van der Waals surface area contributed by atoms with E-state index in [9.17, 15) is 14.0 Å². The van der Waals surface area contributed by atoms with E-state index in [0.717, 1.165) is 18.4 Å². The number of halogens is 1. The molecule has 2 aromatic rings. The number of benzene rings is 1. The Morgan fingerprint density at radius 3 is 2.58 bits per heavy atom. The lowest BCUT2D eigenvalue weighted by Gasteiger charge is -2.32. The second-order valence-electron chi connectivity index (χ2n) is 6.61. The predicted octanol–water partition coefficient (Wildman–Crippen LogP) is 2.95. The zero-order chi connectivity index (χ0) is 18.5. The fourth-order valence-electron chi connectivity index (χ4n) is 3.22. The molecule has 1 aliphatic rings. The standard InChI is InChI=1S/C20H22FN3O2/c1-14(15-8-10-22-11-9-15)23-19(25)17-3-2-12-24(13-17)20(26)16-4-6-18(21)7-5-16/h4-11,14,17H,2-3,12-13H2,1H3,(H,23,25). The Kier molecular flexibility index (Phi) is 5.61. The van der Waals surface area contributed by atoms with Crippen LogP contribution in [0.3, 0.4) is 0 Å². The third kappa shape index (κ3) is 4.25. The van der Waals surface area contributed by atoms with Crippen molar-refractivity contribution in [3.8, 4) is 0 Å². The second kappa shape index (κ2) is 8.08. The van der Waals surface area contributed by atoms with Gasteiger partial charge < -0.3 is 10.2 Å². The number of nitrogens with zero attached hydrogens (tertiary/aromatic N) is 2. The quantitative estimate of drug-likeness (QED) is 0.917. The lowest BCUT2D eigenvalue weighted by molar-refractivity contribution is -0.127. The molecule has 1 aliphatic heterocycles. The molecule has 0 spiro atoms. The molecule has 1 saturated heterocycles. The van der Waals surface area contributed by atoms with Crippen LogP contribution in [-0.4, -0.2) is 34.8 Å². The van der Waals surface area contributed by atoms with E-state index < -0.39 is 0 Å². The number of hydrogen-bond acceptors (Lipinski definition) is 3. The number of rotatable bonds is 4. The molecule has 2 unspecified atom stereocenters. The van der Waals surface area contributed by atoms with E-state index in [2.05, 4.69) is 10.3 Å². The van der Waals surface area contributed by atoms with Gasteiger partial charge in [0.05, 0.1) is 12.0 Å². The molecule has 5 nitrogen and oxygen atoms in total. The first-order valence-electron chi connectivity index (χ1n) is 8.79. The van der Waals surface area contributed by atoms with Crippen molar-refractivity contribution in [3.63, 3.8) is 0 Å². The average molecular weight is 355 g/mol. The zero-order valence-electron chi connectivity index (χ0n) is 14.7. The van der Waals surface area contributed by atoms with Crippen LogP contribution >= 0.6 is 0 Å². The molecule has 1 fully saturated rings. The zero-order valence-corrected chi connectivity index (χ0v) is 14.7. The van der Waals surface area contributed by atoms with Crippen LogP contribution in [0.1, 0.15) is 41.7 Å². The molecule has 2 atom stereocenters. The Bertz CT molecular complexity index is 764. The van der Waals surface area contributed by atoms with Crippen LogP contribution in [0.5, 0.6) is 0 Å². The maximum Gasteiger partial charge on any atom is 0.253 e. The number of nitrogens with one attached hydrogen (secondary N) is 1. The lowest BCUT2D eigenvalue weighted by atomic mass is 9.95. The molecule has 0 aliphatic carbocycles. The van der Waals surface area contributed by atoms with Crippen molar-refractivity contribution in [2.45, 2.75) is 25.8 Å². The minimum absolute atomic E-state index is 0.0501. The van der Waals surface area contributed by atoms with E-state index in [1.165, 1.54) is 24.3 Å². The molecule has 1 N–H and O–H groups in total. The van der Waals surface area contributed by atoms with Crippen LogP contribution in [0.2, 0.25) is 0 Å². The number of carbonyl (C=O) groups excluding carboxylic acids is 2. The molecular weight excluding hydrogens is 333 g/mol. The van der Waals surface area contributed by atoms with Gasteiger partial charge in [0.25, 0.3) is 5.91 Å². The van der Waals surface area contributed by atoms with Crippen molar-refractivity contribution >= 4 is 11.8 Å². The minimum Gasteiger partial charge on any atom is -0.349 e. The molecule has 0 saturated carbocycles. The number of amides is 2. The van der Waals surface area contributed by atoms with Crippen molar-refractivity contribution in [2.75, 3.05) is 13.1 Å². The topological polar surface area (TPSA) is 62.3 Å². The van der Waals surface area contributed by atoms with E-state index in [0.29, 0.717) is 18.7 Å². The summed E-state index contributed by atoms with van der Waals surface area (Å²) >= 11 is 0. The Balaban J connectivity index is 1.61. The minimum atomic E-state index is -0.373. The van der Waals surface area contributed by atoms with Gasteiger partial charge in [0.2, 0.25) is 5.91 Å². The summed E-state index contributed by atoms with van der Waals surface area (Å²) < 4.78 is 13.0. The fourth-order valence-corrected chi connectivity index (χ4v) is 3.22. The van der Waals surface area contributed by atoms with Crippen LogP contribution in [0.15, 0.2) is 48.8 Å². The lowest BCUT2D eigenvalue weighted by Crippen LogP contribution is -2.45. The summed E-state index contributed by atoms with van der Waals surface area (Å²) in [5.74, 6) is -0.824. The second-order valence-corrected chi connectivity index (χ2v) is 6.61. The van der Waals surface area contributed by atoms with Crippen molar-refractivity contribution < 1.29 is 14.0 Å². The van der Waals surface area contributed by atoms with Crippen LogP contribution in [0.25, 0.3) is 0 Å². The maximum absolute atomic E-state index is 13.0. The summed E-state index contributed by atoms with van der Waals surface area (Å²) in [5, 5.41) is 3.02. The summed E-state index contributed by atoms with van der Waals surface area (Å²) in [4.78, 5) is 30.9. The van der Waals surface area contributed by atoms with Gasteiger partial charge in [0, 0.05) is 31.0 Å². The third-order valence-corrected chi connectivity index (χ3v) is 4.74. The average Bonchev–Trinajstić information content (AvgIpc) is 2.68. The van der Waals surface area contributed by atoms with Crippen molar-refractivity contribution in [3.05, 3.63) is 65.7 Å². The normalized spacial score (nSPS) is 18.2. The molecular formula is C20H22FN3O2. The Morgan fingerprint density at radius 1 is 1.19 bits per heavy atom. The number of pyridine rings is 1. The highest BCUT2D eigenvalue weighted by Gasteiger charge is 2.29. The first-order chi connectivity index (χ1) is 12.5. The van der Waals surface area contributed by atoms with Gasteiger partial charge in [0.15, 0.2) is 0 Å². The largest absolute Gasteiger partial charge is 0.349 e. The number of aromatic nitrogens is 1. The highest BCUT2D eigenvalue weighted by molar-refractivity contribution is 5.94. The SMILES string of the molecule is CC(NC(=O)C1CCCN(C(=O)c2ccc(F)cc2)C1)c1ccncc1. The molecule has 2 heterocycles. The van der Waals surface area contributed by atoms with Crippen LogP contribution in [-0.2, 0) is 4.79 Å². The summed E-state index contributed by atoms with van der Waals surface area (Å²) in [6, 6.07) is 9.13. The van der Waals surface area contributed by atoms with Gasteiger partial charge >= 0.3 is 0 Å². The van der Waals surface area contributed by atoms with Gasteiger partial charge in [-0.3, -0.25) is 14.6 Å². The Hall–Kier alpha value is -2.76. The third-order valence-electron chi connectivity index (χ3n) is 4.74. The van der Waals surface area contributed by atoms with E-state index in [4.69, 9.17) is 0 Å². The molecule has 3 rings (SSSR count). The van der Waals surface area contributed by atoms with E-state index in [-0.39, 0.29) is 29.6 Å². The van der Waals surface area contributed by atoms with Crippen LogP contribution < -0.4 is 5.32 Å². The number of likely N-dealkylation sites (tertiary alicyclic amines) is 1. The molecule has 2 amide bonds. The van der Waals surface area contributed by atoms with E-state index in [1.54, 1.807) is 17.3 Å². The van der Waals surface area contributed by atoms with Crippen molar-refractivity contribution in [1.82, 2.24) is 15.2 Å². The maximum atomic E-state index is 13.0. The van der Waals surface area contributed by atoms with Gasteiger partial charge in [-0.15, -0.1) is 0 Å². The summed E-state index contributed by atoms with van der Waals surface area (Å²) in [6.45, 7) is 2.92. The van der Waals surface area contributed by atoms with Crippen LogP contribution in [0, 0.1) is 11.7 Å². The fraction of sp³-hybridized carbons (Fsp3) is 0.350. The number of hydrogen-bond donors (Lipinski definition) is 1. The first-order valence-corrected chi connectivity index (χ1v) is 8.79. The predicted molar refractivity (Wildman–Crippen MR) is 95.8 cm³/mol. The first kappa shape index (κ1) is 18.0. The van der Waals surface area contributed by atoms with Gasteiger partial charge in [-0.1, -0.05) is 0 Å². The summed E-state index contributed by atoms with van der Waals surface area (Å²) in [7, 11) is 0. The molecule has 6 heteroatoms. The molecule has 136 valence electrons. The van der Waals surface area contributed by atoms with Crippen LogP contribution in [0.4, 0.5) is 4.39 Å². The van der Waals surface area contributed by atoms with E-state index in [1.807, 2.05) is 19.1 Å². The van der Waals surface area contributed by atoms with Gasteiger partial charge in [-0.05, 0) is 61.7 Å². The monoisotopic (exact) mass is 355 g/mol. The van der Waals surface area contributed by atoms with Gasteiger partial charge in [-0.2, -0.15) is 0 Å². The van der Waals surface area contributed by atoms with Gasteiger partial charge in [0.1, 0.15) is 5.82 Å². The molecule has 26 heavy (non-hydrogen) atoms. The number of piperidine rings is 1. The van der Waals surface area contributed by atoms with Crippen molar-refractivity contribution in [2.24, 2.45) is 5.92 Å². The molecule has 1 aromatic carbocycles. The smallest absolute Gasteiger partial charge is 0.253 e.